The van der Waals surface area contributed by atoms with E-state index in [1.54, 1.807) is 25.1 Å². The van der Waals surface area contributed by atoms with Crippen LogP contribution in [0.3, 0.4) is 0 Å². The number of benzene rings is 2. The van der Waals surface area contributed by atoms with Crippen molar-refractivity contribution in [2.24, 2.45) is 12.0 Å². The predicted molar refractivity (Wildman–Crippen MR) is 117 cm³/mol. The van der Waals surface area contributed by atoms with Crippen molar-refractivity contribution in [2.45, 2.75) is 19.4 Å². The second-order valence-electron chi connectivity index (χ2n) is 7.48. The SMILES string of the molecule is CC1N=C(c2ccc(F)cc2)c2cc(F)c(CCN[SH](=O)=O)cc2-c2nn(C)c(=O)cc21. The lowest BCUT2D eigenvalue weighted by Crippen LogP contribution is -2.21. The van der Waals surface area contributed by atoms with E-state index in [4.69, 9.17) is 4.99 Å². The second kappa shape index (κ2) is 8.71. The van der Waals surface area contributed by atoms with Gasteiger partial charge < -0.3 is 0 Å². The Morgan fingerprint density at radius 2 is 1.81 bits per heavy atom. The molecule has 10 heteroatoms. The number of nitrogens with zero attached hydrogens (tertiary/aromatic N) is 3. The fourth-order valence-corrected chi connectivity index (χ4v) is 4.03. The summed E-state index contributed by atoms with van der Waals surface area (Å²) in [5.41, 5.74) is 3.13. The van der Waals surface area contributed by atoms with Crippen LogP contribution in [0.25, 0.3) is 11.3 Å². The van der Waals surface area contributed by atoms with E-state index < -0.39 is 28.6 Å². The smallest absolute Gasteiger partial charge is 0.266 e. The van der Waals surface area contributed by atoms with Gasteiger partial charge in [-0.15, -0.1) is 0 Å². The largest absolute Gasteiger partial charge is 0.276 e. The molecule has 32 heavy (non-hydrogen) atoms. The van der Waals surface area contributed by atoms with Crippen molar-refractivity contribution in [3.05, 3.63) is 86.7 Å². The zero-order chi connectivity index (χ0) is 23.0. The molecule has 7 nitrogen and oxygen atoms in total. The van der Waals surface area contributed by atoms with Gasteiger partial charge in [0, 0.05) is 41.9 Å². The van der Waals surface area contributed by atoms with E-state index in [1.807, 2.05) is 0 Å². The lowest BCUT2D eigenvalue weighted by atomic mass is 9.92. The van der Waals surface area contributed by atoms with Crippen molar-refractivity contribution < 1.29 is 17.2 Å². The zero-order valence-electron chi connectivity index (χ0n) is 17.3. The summed E-state index contributed by atoms with van der Waals surface area (Å²) in [6.45, 7) is 1.85. The third kappa shape index (κ3) is 4.23. The average molecular weight is 458 g/mol. The first-order chi connectivity index (χ1) is 15.2. The van der Waals surface area contributed by atoms with Crippen LogP contribution in [0.4, 0.5) is 8.78 Å². The number of fused-ring (bicyclic) bond motifs is 3. The van der Waals surface area contributed by atoms with Crippen LogP contribution in [0.5, 0.6) is 0 Å². The number of aryl methyl sites for hydroxylation is 1. The molecule has 1 aromatic heterocycles. The topological polar surface area (TPSA) is 93.4 Å². The standard InChI is InChI=1S/C22H20F2N4O3S/c1-12-16-11-20(29)28(2)27-22(16)17-9-14(7-8-25-32(30)31)19(24)10-18(17)21(26-12)13-3-5-15(23)6-4-13/h3-6,9-12,32H,7-8H2,1-2H3,(H,25,30,31). The van der Waals surface area contributed by atoms with Gasteiger partial charge in [-0.25, -0.2) is 26.6 Å². The van der Waals surface area contributed by atoms with Crippen molar-refractivity contribution in [1.29, 1.82) is 0 Å². The minimum absolute atomic E-state index is 0.0390. The van der Waals surface area contributed by atoms with E-state index in [-0.39, 0.29) is 18.5 Å². The number of halogens is 2. The summed E-state index contributed by atoms with van der Waals surface area (Å²) in [5.74, 6) is -0.933. The molecule has 0 fully saturated rings. The van der Waals surface area contributed by atoms with Gasteiger partial charge in [0.2, 0.25) is 10.9 Å². The van der Waals surface area contributed by atoms with E-state index in [1.165, 1.54) is 36.0 Å². The van der Waals surface area contributed by atoms with Crippen molar-refractivity contribution in [3.8, 4) is 11.3 Å². The van der Waals surface area contributed by atoms with Crippen LogP contribution in [-0.2, 0) is 24.4 Å². The van der Waals surface area contributed by atoms with Crippen LogP contribution >= 0.6 is 0 Å². The maximum atomic E-state index is 15.0. The summed E-state index contributed by atoms with van der Waals surface area (Å²) in [6.07, 6.45) is 0.127. The first-order valence-corrected chi connectivity index (χ1v) is 11.1. The summed E-state index contributed by atoms with van der Waals surface area (Å²) in [4.78, 5) is 17.0. The van der Waals surface area contributed by atoms with Crippen molar-refractivity contribution in [2.75, 3.05) is 6.54 Å². The molecule has 2 aromatic carbocycles. The third-order valence-corrected chi connectivity index (χ3v) is 5.83. The Labute approximate surface area is 184 Å². The summed E-state index contributed by atoms with van der Waals surface area (Å²) in [7, 11) is -1.26. The van der Waals surface area contributed by atoms with E-state index in [2.05, 4.69) is 9.82 Å². The van der Waals surface area contributed by atoms with E-state index >= 15 is 4.39 Å². The molecule has 0 spiro atoms. The van der Waals surface area contributed by atoms with E-state index in [0.29, 0.717) is 39.2 Å². The lowest BCUT2D eigenvalue weighted by Gasteiger charge is -2.14. The molecule has 1 aliphatic heterocycles. The number of thiol groups is 1. The minimum atomic E-state index is -2.79. The molecule has 4 rings (SSSR count). The Hall–Kier alpha value is -3.24. The van der Waals surface area contributed by atoms with Gasteiger partial charge in [-0.05, 0) is 55.3 Å². The third-order valence-electron chi connectivity index (χ3n) is 5.34. The van der Waals surface area contributed by atoms with Crippen LogP contribution in [0, 0.1) is 11.6 Å². The summed E-state index contributed by atoms with van der Waals surface area (Å²) in [6, 6.07) is 9.66. The lowest BCUT2D eigenvalue weighted by molar-refractivity contribution is 0.593. The van der Waals surface area contributed by atoms with Crippen LogP contribution < -0.4 is 10.3 Å². The first kappa shape index (κ1) is 22.0. The van der Waals surface area contributed by atoms with Crippen molar-refractivity contribution in [1.82, 2.24) is 14.5 Å². The van der Waals surface area contributed by atoms with E-state index in [0.717, 1.165) is 0 Å². The summed E-state index contributed by atoms with van der Waals surface area (Å²) in [5, 5.41) is 4.42. The van der Waals surface area contributed by atoms with Gasteiger partial charge in [-0.3, -0.25) is 9.79 Å². The fourth-order valence-electron chi connectivity index (χ4n) is 3.73. The number of hydrogen-bond donors (Lipinski definition) is 2. The minimum Gasteiger partial charge on any atom is -0.276 e. The van der Waals surface area contributed by atoms with Gasteiger partial charge in [0.25, 0.3) is 5.56 Å². The molecular formula is C22H20F2N4O3S. The predicted octanol–water partition coefficient (Wildman–Crippen LogP) is 2.30. The highest BCUT2D eigenvalue weighted by Gasteiger charge is 2.26. The van der Waals surface area contributed by atoms with Crippen molar-refractivity contribution in [3.63, 3.8) is 0 Å². The van der Waals surface area contributed by atoms with E-state index in [9.17, 15) is 17.6 Å². The van der Waals surface area contributed by atoms with Crippen LogP contribution in [0.1, 0.15) is 35.2 Å². The Kier molecular flexibility index (Phi) is 5.98. The molecule has 1 aliphatic rings. The highest BCUT2D eigenvalue weighted by atomic mass is 32.2. The molecular weight excluding hydrogens is 438 g/mol. The number of hydrogen-bond acceptors (Lipinski definition) is 5. The highest BCUT2D eigenvalue weighted by Crippen LogP contribution is 2.36. The molecule has 1 atom stereocenters. The molecule has 2 heterocycles. The monoisotopic (exact) mass is 458 g/mol. The zero-order valence-corrected chi connectivity index (χ0v) is 18.2. The molecule has 0 amide bonds. The maximum Gasteiger partial charge on any atom is 0.266 e. The second-order valence-corrected chi connectivity index (χ2v) is 8.31. The van der Waals surface area contributed by atoms with Gasteiger partial charge in [0.05, 0.1) is 17.4 Å². The van der Waals surface area contributed by atoms with Gasteiger partial charge in [-0.1, -0.05) is 0 Å². The highest BCUT2D eigenvalue weighted by molar-refractivity contribution is 7.70. The molecule has 166 valence electrons. The Morgan fingerprint density at radius 1 is 1.09 bits per heavy atom. The first-order valence-electron chi connectivity index (χ1n) is 9.87. The molecule has 1 N–H and O–H groups in total. The Balaban J connectivity index is 1.96. The Bertz CT molecular complexity index is 1360. The van der Waals surface area contributed by atoms with Crippen LogP contribution in [-0.4, -0.2) is 30.5 Å². The molecule has 0 radical (unpaired) electrons. The summed E-state index contributed by atoms with van der Waals surface area (Å²) >= 11 is 0. The summed E-state index contributed by atoms with van der Waals surface area (Å²) < 4.78 is 53.6. The fraction of sp³-hybridized carbons (Fsp3) is 0.227. The molecule has 0 saturated heterocycles. The quantitative estimate of drug-likeness (QED) is 0.574. The van der Waals surface area contributed by atoms with Crippen LogP contribution in [0.15, 0.2) is 52.3 Å². The van der Waals surface area contributed by atoms with Gasteiger partial charge in [-0.2, -0.15) is 5.10 Å². The van der Waals surface area contributed by atoms with Crippen molar-refractivity contribution >= 4 is 16.6 Å². The number of rotatable bonds is 5. The molecule has 0 saturated carbocycles. The number of aromatic nitrogens is 2. The molecule has 0 bridgehead atoms. The average Bonchev–Trinajstić information content (AvgIpc) is 2.84. The normalized spacial score (nSPS) is 15.2. The molecule has 0 aliphatic carbocycles. The number of aliphatic imine (C=N–C) groups is 1. The van der Waals surface area contributed by atoms with Gasteiger partial charge in [0.1, 0.15) is 11.6 Å². The van der Waals surface area contributed by atoms with Gasteiger partial charge >= 0.3 is 0 Å². The van der Waals surface area contributed by atoms with Crippen LogP contribution in [0.2, 0.25) is 0 Å². The number of nitrogens with one attached hydrogen (secondary N) is 1. The van der Waals surface area contributed by atoms with Gasteiger partial charge in [0.15, 0.2) is 0 Å². The molecule has 3 aromatic rings. The maximum absolute atomic E-state index is 15.0. The molecule has 1 unspecified atom stereocenters. The Morgan fingerprint density at radius 3 is 2.50 bits per heavy atom.